The predicted octanol–water partition coefficient (Wildman–Crippen LogP) is 4.29. The second kappa shape index (κ2) is 9.00. The fourth-order valence-electron chi connectivity index (χ4n) is 4.40. The van der Waals surface area contributed by atoms with Crippen molar-refractivity contribution in [1.82, 2.24) is 14.9 Å². The number of hydrogen-bond acceptors (Lipinski definition) is 5. The molecule has 8 heteroatoms. The van der Waals surface area contributed by atoms with Gasteiger partial charge in [0.15, 0.2) is 0 Å². The number of fused-ring (bicyclic) bond motifs is 1. The molecule has 2 aliphatic rings. The summed E-state index contributed by atoms with van der Waals surface area (Å²) in [6.45, 7) is 5.21. The summed E-state index contributed by atoms with van der Waals surface area (Å²) < 4.78 is 27.8. The van der Waals surface area contributed by atoms with Gasteiger partial charge in [-0.2, -0.15) is 0 Å². The number of aromatic nitrogens is 2. The molecule has 0 N–H and O–H groups in total. The highest BCUT2D eigenvalue weighted by Crippen LogP contribution is 2.24. The Bertz CT molecular complexity index is 1120. The molecule has 5 nitrogen and oxygen atoms in total. The van der Waals surface area contributed by atoms with Gasteiger partial charge in [-0.15, -0.1) is 0 Å². The van der Waals surface area contributed by atoms with Crippen molar-refractivity contribution < 1.29 is 8.78 Å². The first-order valence-electron chi connectivity index (χ1n) is 10.8. The SMILES string of the molecule is Fc1cc(CN2CCc3nc(N4CCN(c5ccccc5F)CC4)ncc3C2)ccc1Cl. The van der Waals surface area contributed by atoms with E-state index in [1.165, 1.54) is 12.1 Å². The van der Waals surface area contributed by atoms with Crippen molar-refractivity contribution >= 4 is 23.2 Å². The zero-order chi connectivity index (χ0) is 22.1. The monoisotopic (exact) mass is 455 g/mol. The van der Waals surface area contributed by atoms with Crippen LogP contribution < -0.4 is 9.80 Å². The molecule has 1 fully saturated rings. The molecule has 0 amide bonds. The Labute approximate surface area is 191 Å². The van der Waals surface area contributed by atoms with Gasteiger partial charge < -0.3 is 9.80 Å². The molecule has 0 atom stereocenters. The van der Waals surface area contributed by atoms with E-state index in [0.717, 1.165) is 68.5 Å². The topological polar surface area (TPSA) is 35.5 Å². The zero-order valence-electron chi connectivity index (χ0n) is 17.6. The Morgan fingerprint density at radius 3 is 2.47 bits per heavy atom. The number of rotatable bonds is 4. The average molecular weight is 456 g/mol. The van der Waals surface area contributed by atoms with Crippen LogP contribution in [0.4, 0.5) is 20.4 Å². The van der Waals surface area contributed by atoms with Crippen molar-refractivity contribution in [2.75, 3.05) is 42.5 Å². The van der Waals surface area contributed by atoms with Gasteiger partial charge in [-0.05, 0) is 29.8 Å². The highest BCUT2D eigenvalue weighted by molar-refractivity contribution is 6.30. The minimum atomic E-state index is -0.385. The number of nitrogens with zero attached hydrogens (tertiary/aromatic N) is 5. The normalized spacial score (nSPS) is 16.8. The standard InChI is InChI=1S/C24H24ClF2N5/c25-19-6-5-17(13-21(19)27)15-30-8-7-22-18(16-30)14-28-24(29-22)32-11-9-31(10-12-32)23-4-2-1-3-20(23)26/h1-6,13-14H,7-12,15-16H2. The summed E-state index contributed by atoms with van der Waals surface area (Å²) in [4.78, 5) is 16.0. The maximum absolute atomic E-state index is 14.1. The first kappa shape index (κ1) is 21.1. The van der Waals surface area contributed by atoms with Gasteiger partial charge >= 0.3 is 0 Å². The molecule has 2 aliphatic heterocycles. The summed E-state index contributed by atoms with van der Waals surface area (Å²) in [7, 11) is 0. The van der Waals surface area contributed by atoms with E-state index in [9.17, 15) is 8.78 Å². The maximum atomic E-state index is 14.1. The molecule has 1 saturated heterocycles. The first-order valence-corrected chi connectivity index (χ1v) is 11.2. The van der Waals surface area contributed by atoms with Crippen LogP contribution in [0.15, 0.2) is 48.7 Å². The number of piperazine rings is 1. The quantitative estimate of drug-likeness (QED) is 0.586. The van der Waals surface area contributed by atoms with E-state index < -0.39 is 0 Å². The lowest BCUT2D eigenvalue weighted by Gasteiger charge is -2.36. The molecule has 0 radical (unpaired) electrons. The van der Waals surface area contributed by atoms with Crippen LogP contribution in [0.2, 0.25) is 5.02 Å². The van der Waals surface area contributed by atoms with Crippen LogP contribution in [0.5, 0.6) is 0 Å². The second-order valence-electron chi connectivity index (χ2n) is 8.28. The molecule has 2 aromatic carbocycles. The van der Waals surface area contributed by atoms with Gasteiger partial charge in [0.1, 0.15) is 11.6 Å². The molecule has 166 valence electrons. The molecular weight excluding hydrogens is 432 g/mol. The third-order valence-electron chi connectivity index (χ3n) is 6.15. The molecule has 1 aromatic heterocycles. The van der Waals surface area contributed by atoms with Crippen molar-refractivity contribution in [2.45, 2.75) is 19.5 Å². The summed E-state index contributed by atoms with van der Waals surface area (Å²) in [5.41, 5.74) is 3.74. The molecule has 0 saturated carbocycles. The van der Waals surface area contributed by atoms with E-state index in [0.29, 0.717) is 12.2 Å². The number of para-hydroxylation sites is 1. The number of hydrogen-bond donors (Lipinski definition) is 0. The molecule has 0 aliphatic carbocycles. The van der Waals surface area contributed by atoms with Crippen LogP contribution in [0, 0.1) is 11.6 Å². The maximum Gasteiger partial charge on any atom is 0.225 e. The number of benzene rings is 2. The third kappa shape index (κ3) is 4.40. The molecule has 5 rings (SSSR count). The molecule has 3 heterocycles. The fourth-order valence-corrected chi connectivity index (χ4v) is 4.52. The summed E-state index contributed by atoms with van der Waals surface area (Å²) in [6.07, 6.45) is 2.74. The van der Waals surface area contributed by atoms with Crippen molar-refractivity contribution in [1.29, 1.82) is 0 Å². The molecular formula is C24H24ClF2N5. The minimum absolute atomic E-state index is 0.147. The third-order valence-corrected chi connectivity index (χ3v) is 6.45. The van der Waals surface area contributed by atoms with Crippen LogP contribution in [0.25, 0.3) is 0 Å². The van der Waals surface area contributed by atoms with E-state index in [-0.39, 0.29) is 16.7 Å². The van der Waals surface area contributed by atoms with Gasteiger partial charge in [0, 0.05) is 64.0 Å². The molecule has 0 unspecified atom stereocenters. The van der Waals surface area contributed by atoms with Crippen LogP contribution in [-0.4, -0.2) is 47.6 Å². The summed E-state index contributed by atoms with van der Waals surface area (Å²) >= 11 is 5.79. The van der Waals surface area contributed by atoms with Crippen LogP contribution in [-0.2, 0) is 19.5 Å². The Hall–Kier alpha value is -2.77. The lowest BCUT2D eigenvalue weighted by Crippen LogP contribution is -2.47. The predicted molar refractivity (Wildman–Crippen MR) is 122 cm³/mol. The van der Waals surface area contributed by atoms with Crippen LogP contribution >= 0.6 is 11.6 Å². The van der Waals surface area contributed by atoms with Crippen LogP contribution in [0.3, 0.4) is 0 Å². The lowest BCUT2D eigenvalue weighted by molar-refractivity contribution is 0.242. The van der Waals surface area contributed by atoms with Crippen molar-refractivity contribution in [3.8, 4) is 0 Å². The lowest BCUT2D eigenvalue weighted by atomic mass is 10.1. The molecule has 32 heavy (non-hydrogen) atoms. The largest absolute Gasteiger partial charge is 0.366 e. The molecule has 0 spiro atoms. The van der Waals surface area contributed by atoms with Gasteiger partial charge in [0.25, 0.3) is 0 Å². The molecule has 0 bridgehead atoms. The van der Waals surface area contributed by atoms with E-state index >= 15 is 0 Å². The smallest absolute Gasteiger partial charge is 0.225 e. The van der Waals surface area contributed by atoms with Crippen molar-refractivity contribution in [2.24, 2.45) is 0 Å². The van der Waals surface area contributed by atoms with Gasteiger partial charge in [0.2, 0.25) is 5.95 Å². The highest BCUT2D eigenvalue weighted by Gasteiger charge is 2.24. The zero-order valence-corrected chi connectivity index (χ0v) is 18.4. The Morgan fingerprint density at radius 2 is 1.69 bits per heavy atom. The van der Waals surface area contributed by atoms with Gasteiger partial charge in [0.05, 0.1) is 16.4 Å². The summed E-state index contributed by atoms with van der Waals surface area (Å²) in [5, 5.41) is 0.147. The average Bonchev–Trinajstić information content (AvgIpc) is 2.82. The van der Waals surface area contributed by atoms with E-state index in [1.807, 2.05) is 24.4 Å². The number of anilines is 2. The summed E-state index contributed by atoms with van der Waals surface area (Å²) in [5.74, 6) is 0.173. The highest BCUT2D eigenvalue weighted by atomic mass is 35.5. The van der Waals surface area contributed by atoms with Crippen molar-refractivity contribution in [3.63, 3.8) is 0 Å². The van der Waals surface area contributed by atoms with E-state index in [4.69, 9.17) is 16.6 Å². The van der Waals surface area contributed by atoms with Crippen molar-refractivity contribution in [3.05, 3.63) is 82.1 Å². The first-order chi connectivity index (χ1) is 15.6. The van der Waals surface area contributed by atoms with E-state index in [1.54, 1.807) is 12.1 Å². The minimum Gasteiger partial charge on any atom is -0.366 e. The Balaban J connectivity index is 1.22. The van der Waals surface area contributed by atoms with Gasteiger partial charge in [-0.3, -0.25) is 4.90 Å². The number of halogens is 3. The Kier molecular flexibility index (Phi) is 5.93. The van der Waals surface area contributed by atoms with Gasteiger partial charge in [-0.25, -0.2) is 18.7 Å². The Morgan fingerprint density at radius 1 is 0.906 bits per heavy atom. The van der Waals surface area contributed by atoms with Crippen LogP contribution in [0.1, 0.15) is 16.8 Å². The second-order valence-corrected chi connectivity index (χ2v) is 8.68. The molecule has 3 aromatic rings. The van der Waals surface area contributed by atoms with E-state index in [2.05, 4.69) is 19.7 Å². The fraction of sp³-hybridized carbons (Fsp3) is 0.333. The van der Waals surface area contributed by atoms with Gasteiger partial charge in [-0.1, -0.05) is 29.8 Å². The summed E-state index contributed by atoms with van der Waals surface area (Å²) in [6, 6.07) is 11.9.